The fraction of sp³-hybridized carbons (Fsp3) is 0.421. The van der Waals surface area contributed by atoms with Crippen molar-refractivity contribution in [2.75, 3.05) is 5.32 Å². The van der Waals surface area contributed by atoms with E-state index in [0.717, 1.165) is 36.5 Å². The van der Waals surface area contributed by atoms with Crippen LogP contribution in [0.1, 0.15) is 50.3 Å². The normalized spacial score (nSPS) is 19.2. The summed E-state index contributed by atoms with van der Waals surface area (Å²) in [5, 5.41) is 22.2. The van der Waals surface area contributed by atoms with Crippen LogP contribution < -0.4 is 10.6 Å². The molecule has 3 rings (SSSR count). The van der Waals surface area contributed by atoms with Gasteiger partial charge >= 0.3 is 6.09 Å². The van der Waals surface area contributed by atoms with Gasteiger partial charge in [-0.1, -0.05) is 0 Å². The standard InChI is InChI=1S/C19H23N5O2/c1-12(2)21-19(25)26-16-8-5-14(9-16)17-10-18(24-23-17)22-15-6-3-13(11-20)4-7-15/h3-4,6-7,10,12,14,16H,5,8-9H2,1-2H3,(H,21,25)(H2,22,23,24)/t14-,16+/m0/s1. The first-order valence-corrected chi connectivity index (χ1v) is 8.83. The summed E-state index contributed by atoms with van der Waals surface area (Å²) in [4.78, 5) is 11.7. The summed E-state index contributed by atoms with van der Waals surface area (Å²) < 4.78 is 5.47. The summed E-state index contributed by atoms with van der Waals surface area (Å²) in [6, 6.07) is 11.4. The molecular formula is C19H23N5O2. The molecule has 1 aromatic heterocycles. The summed E-state index contributed by atoms with van der Waals surface area (Å²) in [5.74, 6) is 1.03. The number of amides is 1. The largest absolute Gasteiger partial charge is 0.446 e. The van der Waals surface area contributed by atoms with Crippen molar-refractivity contribution in [2.24, 2.45) is 0 Å². The number of aromatic nitrogens is 2. The van der Waals surface area contributed by atoms with Crippen molar-refractivity contribution in [3.8, 4) is 6.07 Å². The van der Waals surface area contributed by atoms with Crippen LogP contribution in [0.15, 0.2) is 30.3 Å². The summed E-state index contributed by atoms with van der Waals surface area (Å²) >= 11 is 0. The Morgan fingerprint density at radius 2 is 2.12 bits per heavy atom. The van der Waals surface area contributed by atoms with Crippen LogP contribution in [0.5, 0.6) is 0 Å². The molecule has 2 atom stereocenters. The van der Waals surface area contributed by atoms with Crippen molar-refractivity contribution in [1.29, 1.82) is 5.26 Å². The van der Waals surface area contributed by atoms with Gasteiger partial charge in [0.25, 0.3) is 0 Å². The van der Waals surface area contributed by atoms with Gasteiger partial charge in [-0.2, -0.15) is 10.4 Å². The van der Waals surface area contributed by atoms with Crippen LogP contribution in [0, 0.1) is 11.3 Å². The second-order valence-electron chi connectivity index (χ2n) is 6.86. The maximum atomic E-state index is 11.7. The minimum Gasteiger partial charge on any atom is -0.446 e. The van der Waals surface area contributed by atoms with Gasteiger partial charge in [0.15, 0.2) is 5.82 Å². The molecule has 26 heavy (non-hydrogen) atoms. The smallest absolute Gasteiger partial charge is 0.407 e. The van der Waals surface area contributed by atoms with Crippen molar-refractivity contribution in [3.63, 3.8) is 0 Å². The van der Waals surface area contributed by atoms with Crippen molar-refractivity contribution in [2.45, 2.75) is 51.2 Å². The quantitative estimate of drug-likeness (QED) is 0.759. The van der Waals surface area contributed by atoms with Crippen molar-refractivity contribution >= 4 is 17.6 Å². The highest BCUT2D eigenvalue weighted by atomic mass is 16.6. The van der Waals surface area contributed by atoms with Gasteiger partial charge in [-0.05, 0) is 57.4 Å². The monoisotopic (exact) mass is 353 g/mol. The number of alkyl carbamates (subject to hydrolysis) is 1. The third-order valence-corrected chi connectivity index (χ3v) is 4.39. The molecule has 1 aliphatic carbocycles. The lowest BCUT2D eigenvalue weighted by molar-refractivity contribution is 0.0981. The zero-order valence-corrected chi connectivity index (χ0v) is 15.0. The fourth-order valence-electron chi connectivity index (χ4n) is 3.14. The summed E-state index contributed by atoms with van der Waals surface area (Å²) in [5.41, 5.74) is 2.54. The zero-order chi connectivity index (χ0) is 18.5. The van der Waals surface area contributed by atoms with Crippen molar-refractivity contribution < 1.29 is 9.53 Å². The molecular weight excluding hydrogens is 330 g/mol. The second-order valence-corrected chi connectivity index (χ2v) is 6.86. The highest BCUT2D eigenvalue weighted by Crippen LogP contribution is 2.36. The molecule has 0 spiro atoms. The highest BCUT2D eigenvalue weighted by molar-refractivity contribution is 5.67. The van der Waals surface area contributed by atoms with Crippen molar-refractivity contribution in [1.82, 2.24) is 15.5 Å². The van der Waals surface area contributed by atoms with E-state index in [2.05, 4.69) is 26.9 Å². The molecule has 1 heterocycles. The summed E-state index contributed by atoms with van der Waals surface area (Å²) in [6.07, 6.45) is 2.20. The molecule has 1 aliphatic rings. The molecule has 2 aromatic rings. The van der Waals surface area contributed by atoms with Gasteiger partial charge in [-0.15, -0.1) is 0 Å². The molecule has 1 fully saturated rings. The van der Waals surface area contributed by atoms with E-state index in [9.17, 15) is 4.79 Å². The number of aromatic amines is 1. The van der Waals surface area contributed by atoms with Gasteiger partial charge in [0.2, 0.25) is 0 Å². The molecule has 1 amide bonds. The number of nitrogens with zero attached hydrogens (tertiary/aromatic N) is 2. The SMILES string of the molecule is CC(C)NC(=O)O[C@@H]1CC[C@H](c2cc(Nc3ccc(C#N)cc3)n[nH]2)C1. The number of hydrogen-bond donors (Lipinski definition) is 3. The van der Waals surface area contributed by atoms with E-state index in [4.69, 9.17) is 10.00 Å². The molecule has 1 aromatic carbocycles. The van der Waals surface area contributed by atoms with Gasteiger partial charge in [0, 0.05) is 29.4 Å². The maximum Gasteiger partial charge on any atom is 0.407 e. The van der Waals surface area contributed by atoms with Gasteiger partial charge in [0.05, 0.1) is 11.6 Å². The van der Waals surface area contributed by atoms with Gasteiger partial charge in [-0.3, -0.25) is 5.10 Å². The van der Waals surface area contributed by atoms with Gasteiger partial charge in [-0.25, -0.2) is 4.79 Å². The van der Waals surface area contributed by atoms with Crippen LogP contribution >= 0.6 is 0 Å². The van der Waals surface area contributed by atoms with E-state index in [-0.39, 0.29) is 18.2 Å². The first-order valence-electron chi connectivity index (χ1n) is 8.83. The third kappa shape index (κ3) is 4.54. The van der Waals surface area contributed by atoms with E-state index < -0.39 is 0 Å². The number of nitriles is 1. The Bertz CT molecular complexity index is 791. The molecule has 0 aliphatic heterocycles. The minimum absolute atomic E-state index is 0.0583. The number of rotatable bonds is 5. The number of hydrogen-bond acceptors (Lipinski definition) is 5. The van der Waals surface area contributed by atoms with Crippen molar-refractivity contribution in [3.05, 3.63) is 41.6 Å². The number of anilines is 2. The zero-order valence-electron chi connectivity index (χ0n) is 15.0. The van der Waals surface area contributed by atoms with E-state index >= 15 is 0 Å². The lowest BCUT2D eigenvalue weighted by Gasteiger charge is -2.14. The predicted octanol–water partition coefficient (Wildman–Crippen LogP) is 3.80. The van der Waals surface area contributed by atoms with E-state index in [1.165, 1.54) is 0 Å². The average molecular weight is 353 g/mol. The van der Waals surface area contributed by atoms with Crippen LogP contribution in [-0.4, -0.2) is 28.4 Å². The lowest BCUT2D eigenvalue weighted by atomic mass is 10.0. The minimum atomic E-state index is -0.349. The number of carbonyl (C=O) groups is 1. The lowest BCUT2D eigenvalue weighted by Crippen LogP contribution is -2.33. The number of carbonyl (C=O) groups excluding carboxylic acids is 1. The second kappa shape index (κ2) is 7.91. The van der Waals surface area contributed by atoms with Gasteiger partial charge < -0.3 is 15.4 Å². The van der Waals surface area contributed by atoms with Gasteiger partial charge in [0.1, 0.15) is 6.10 Å². The molecule has 7 nitrogen and oxygen atoms in total. The first-order chi connectivity index (χ1) is 12.5. The maximum absolute atomic E-state index is 11.7. The summed E-state index contributed by atoms with van der Waals surface area (Å²) in [7, 11) is 0. The Hall–Kier alpha value is -3.01. The molecule has 136 valence electrons. The Morgan fingerprint density at radius 3 is 2.81 bits per heavy atom. The Labute approximate surface area is 152 Å². The molecule has 7 heteroatoms. The first kappa shape index (κ1) is 17.8. The van der Waals surface area contributed by atoms with E-state index in [0.29, 0.717) is 11.5 Å². The topological polar surface area (TPSA) is 103 Å². The van der Waals surface area contributed by atoms with E-state index in [1.54, 1.807) is 12.1 Å². The van der Waals surface area contributed by atoms with Crippen LogP contribution in [0.4, 0.5) is 16.3 Å². The Kier molecular flexibility index (Phi) is 5.42. The number of benzene rings is 1. The predicted molar refractivity (Wildman–Crippen MR) is 98.2 cm³/mol. The van der Waals surface area contributed by atoms with E-state index in [1.807, 2.05) is 32.0 Å². The number of nitrogens with one attached hydrogen (secondary N) is 3. The Balaban J connectivity index is 1.55. The molecule has 0 saturated heterocycles. The molecule has 1 saturated carbocycles. The molecule has 3 N–H and O–H groups in total. The summed E-state index contributed by atoms with van der Waals surface area (Å²) in [6.45, 7) is 3.82. The van der Waals surface area contributed by atoms with Crippen LogP contribution in [0.2, 0.25) is 0 Å². The van der Waals surface area contributed by atoms with Crippen LogP contribution in [0.3, 0.4) is 0 Å². The fourth-order valence-corrected chi connectivity index (χ4v) is 3.14. The van der Waals surface area contributed by atoms with Crippen LogP contribution in [0.25, 0.3) is 0 Å². The highest BCUT2D eigenvalue weighted by Gasteiger charge is 2.30. The molecule has 0 bridgehead atoms. The molecule has 0 unspecified atom stereocenters. The van der Waals surface area contributed by atoms with Crippen LogP contribution in [-0.2, 0) is 4.74 Å². The number of H-pyrrole nitrogens is 1. The Morgan fingerprint density at radius 1 is 1.35 bits per heavy atom. The molecule has 0 radical (unpaired) electrons. The average Bonchev–Trinajstić information content (AvgIpc) is 3.24. The number of ether oxygens (including phenoxy) is 1. The third-order valence-electron chi connectivity index (χ3n) is 4.39.